The van der Waals surface area contributed by atoms with Gasteiger partial charge in [-0.2, -0.15) is 0 Å². The maximum atomic E-state index is 6.03. The number of hydrogen-bond acceptors (Lipinski definition) is 3. The molecule has 0 spiro atoms. The third-order valence-electron chi connectivity index (χ3n) is 7.29. The summed E-state index contributed by atoms with van der Waals surface area (Å²) in [5, 5.41) is 3.63. The van der Waals surface area contributed by atoms with Crippen LogP contribution >= 0.6 is 0 Å². The molecule has 0 atom stereocenters. The van der Waals surface area contributed by atoms with Crippen LogP contribution in [-0.2, 0) is 13.0 Å². The van der Waals surface area contributed by atoms with Gasteiger partial charge in [-0.05, 0) is 85.0 Å². The van der Waals surface area contributed by atoms with Gasteiger partial charge in [-0.3, -0.25) is 0 Å². The highest BCUT2D eigenvalue weighted by atomic mass is 16.5. The lowest BCUT2D eigenvalue weighted by Gasteiger charge is -2.35. The Hall–Kier alpha value is -3.31. The topological polar surface area (TPSA) is 62.9 Å². The lowest BCUT2D eigenvalue weighted by atomic mass is 9.90. The Labute approximate surface area is 222 Å². The third kappa shape index (κ3) is 8.09. The van der Waals surface area contributed by atoms with Gasteiger partial charge in [-0.1, -0.05) is 68.4 Å². The number of guanidine groups is 1. The Bertz CT molecular complexity index is 1130. The van der Waals surface area contributed by atoms with E-state index in [1.165, 1.54) is 29.5 Å². The summed E-state index contributed by atoms with van der Waals surface area (Å²) < 4.78 is 6.03. The van der Waals surface area contributed by atoms with Crippen LogP contribution in [-0.4, -0.2) is 37.0 Å². The molecular weight excluding hydrogens is 456 g/mol. The van der Waals surface area contributed by atoms with Crippen molar-refractivity contribution in [2.75, 3.05) is 26.2 Å². The van der Waals surface area contributed by atoms with Crippen LogP contribution in [0.3, 0.4) is 0 Å². The summed E-state index contributed by atoms with van der Waals surface area (Å²) in [4.78, 5) is 7.44. The summed E-state index contributed by atoms with van der Waals surface area (Å²) in [6, 6.07) is 27.2. The van der Waals surface area contributed by atoms with Gasteiger partial charge in [0.25, 0.3) is 0 Å². The molecule has 1 aliphatic rings. The van der Waals surface area contributed by atoms with Gasteiger partial charge in [0, 0.05) is 19.6 Å². The average molecular weight is 499 g/mol. The smallest absolute Gasteiger partial charge is 0.199 e. The van der Waals surface area contributed by atoms with E-state index < -0.39 is 0 Å². The first kappa shape index (κ1) is 26.7. The fourth-order valence-corrected chi connectivity index (χ4v) is 4.58. The molecule has 37 heavy (non-hydrogen) atoms. The number of hydrogen-bond donors (Lipinski definition) is 2. The predicted octanol–water partition coefficient (Wildman–Crippen LogP) is 6.09. The largest absolute Gasteiger partial charge is 0.489 e. The fourth-order valence-electron chi connectivity index (χ4n) is 4.58. The number of aryl methyl sites for hydroxylation is 1. The predicted molar refractivity (Wildman–Crippen MR) is 154 cm³/mol. The van der Waals surface area contributed by atoms with Crippen molar-refractivity contribution in [3.05, 3.63) is 95.6 Å². The van der Waals surface area contributed by atoms with Crippen LogP contribution in [0.15, 0.2) is 83.9 Å². The molecule has 1 fully saturated rings. The maximum Gasteiger partial charge on any atom is 0.199 e. The summed E-state index contributed by atoms with van der Waals surface area (Å²) in [6.45, 7) is 10.5. The number of piperidine rings is 1. The van der Waals surface area contributed by atoms with E-state index in [0.29, 0.717) is 19.1 Å². The second-order valence-corrected chi connectivity index (χ2v) is 11.0. The van der Waals surface area contributed by atoms with Gasteiger partial charge in [0.05, 0.1) is 5.69 Å². The molecule has 1 aliphatic heterocycles. The Balaban J connectivity index is 1.41. The average Bonchev–Trinajstić information content (AvgIpc) is 2.92. The van der Waals surface area contributed by atoms with Crippen molar-refractivity contribution in [2.24, 2.45) is 22.1 Å². The summed E-state index contributed by atoms with van der Waals surface area (Å²) in [5.41, 5.74) is 10.8. The molecule has 3 N–H and O–H groups in total. The molecule has 5 heteroatoms. The number of ether oxygens (including phenoxy) is 1. The zero-order valence-electron chi connectivity index (χ0n) is 22.6. The van der Waals surface area contributed by atoms with E-state index >= 15 is 0 Å². The molecule has 5 nitrogen and oxygen atoms in total. The van der Waals surface area contributed by atoms with Gasteiger partial charge in [-0.25, -0.2) is 4.99 Å². The second-order valence-electron chi connectivity index (χ2n) is 11.0. The van der Waals surface area contributed by atoms with E-state index in [-0.39, 0.29) is 5.41 Å². The summed E-state index contributed by atoms with van der Waals surface area (Å²) >= 11 is 0. The SMILES string of the molecule is Cc1ccccc1COc1ccc(/N=C(\NCC(C)(C)CN)N2CCC(Cc3ccccc3)CC2)cc1. The lowest BCUT2D eigenvalue weighted by Crippen LogP contribution is -2.49. The molecule has 0 saturated carbocycles. The molecule has 0 aliphatic carbocycles. The Morgan fingerprint density at radius 3 is 2.32 bits per heavy atom. The van der Waals surface area contributed by atoms with Gasteiger partial charge >= 0.3 is 0 Å². The molecule has 0 amide bonds. The van der Waals surface area contributed by atoms with E-state index in [1.54, 1.807) is 0 Å². The number of likely N-dealkylation sites (tertiary alicyclic amines) is 1. The molecular formula is C32H42N4O. The van der Waals surface area contributed by atoms with Crippen molar-refractivity contribution >= 4 is 11.6 Å². The molecule has 1 saturated heterocycles. The van der Waals surface area contributed by atoms with E-state index in [2.05, 4.69) is 85.6 Å². The number of rotatable bonds is 9. The van der Waals surface area contributed by atoms with Crippen LogP contribution in [0.1, 0.15) is 43.4 Å². The fraction of sp³-hybridized carbons (Fsp3) is 0.406. The monoisotopic (exact) mass is 498 g/mol. The normalized spacial score (nSPS) is 15.0. The number of nitrogens with one attached hydrogen (secondary N) is 1. The highest BCUT2D eigenvalue weighted by Crippen LogP contribution is 2.24. The van der Waals surface area contributed by atoms with Gasteiger partial charge < -0.3 is 20.7 Å². The third-order valence-corrected chi connectivity index (χ3v) is 7.29. The number of benzene rings is 3. The Morgan fingerprint density at radius 2 is 1.65 bits per heavy atom. The van der Waals surface area contributed by atoms with Crippen LogP contribution in [0.25, 0.3) is 0 Å². The minimum absolute atomic E-state index is 0.000329. The Kier molecular flexibility index (Phi) is 9.24. The molecule has 4 rings (SSSR count). The van der Waals surface area contributed by atoms with E-state index in [1.807, 2.05) is 24.3 Å². The molecule has 0 bridgehead atoms. The zero-order valence-corrected chi connectivity index (χ0v) is 22.6. The van der Waals surface area contributed by atoms with Crippen LogP contribution in [0.5, 0.6) is 5.75 Å². The van der Waals surface area contributed by atoms with Crippen LogP contribution in [0.2, 0.25) is 0 Å². The zero-order chi connectivity index (χ0) is 26.1. The second kappa shape index (κ2) is 12.8. The number of aliphatic imine (C=N–C) groups is 1. The van der Waals surface area contributed by atoms with Crippen molar-refractivity contribution < 1.29 is 4.74 Å². The molecule has 196 valence electrons. The van der Waals surface area contributed by atoms with Gasteiger partial charge in [-0.15, -0.1) is 0 Å². The molecule has 0 unspecified atom stereocenters. The number of nitrogens with zero attached hydrogens (tertiary/aromatic N) is 2. The highest BCUT2D eigenvalue weighted by molar-refractivity contribution is 5.83. The van der Waals surface area contributed by atoms with E-state index in [0.717, 1.165) is 43.5 Å². The van der Waals surface area contributed by atoms with Crippen molar-refractivity contribution in [3.63, 3.8) is 0 Å². The van der Waals surface area contributed by atoms with Crippen molar-refractivity contribution in [1.29, 1.82) is 0 Å². The van der Waals surface area contributed by atoms with Gasteiger partial charge in [0.1, 0.15) is 12.4 Å². The highest BCUT2D eigenvalue weighted by Gasteiger charge is 2.24. The standard InChI is InChI=1S/C32H42N4O/c1-25-9-7-8-12-28(25)22-37-30-15-13-29(14-16-30)35-31(34-24-32(2,3)23-33)36-19-17-27(18-20-36)21-26-10-5-4-6-11-26/h4-16,27H,17-24,33H2,1-3H3,(H,34,35). The van der Waals surface area contributed by atoms with Crippen LogP contribution in [0.4, 0.5) is 5.69 Å². The number of nitrogens with two attached hydrogens (primary N) is 1. The van der Waals surface area contributed by atoms with Gasteiger partial charge in [0.15, 0.2) is 5.96 Å². The first-order chi connectivity index (χ1) is 17.9. The summed E-state index contributed by atoms with van der Waals surface area (Å²) in [7, 11) is 0. The van der Waals surface area contributed by atoms with Crippen molar-refractivity contribution in [2.45, 2.75) is 46.6 Å². The van der Waals surface area contributed by atoms with Crippen LogP contribution in [0, 0.1) is 18.3 Å². The van der Waals surface area contributed by atoms with Crippen molar-refractivity contribution in [3.8, 4) is 5.75 Å². The minimum Gasteiger partial charge on any atom is -0.489 e. The molecule has 0 radical (unpaired) electrons. The molecule has 1 heterocycles. The summed E-state index contributed by atoms with van der Waals surface area (Å²) in [5.74, 6) is 2.50. The molecule has 3 aromatic rings. The minimum atomic E-state index is -0.000329. The Morgan fingerprint density at radius 1 is 0.973 bits per heavy atom. The lowest BCUT2D eigenvalue weighted by molar-refractivity contribution is 0.255. The van der Waals surface area contributed by atoms with Crippen molar-refractivity contribution in [1.82, 2.24) is 10.2 Å². The molecule has 0 aromatic heterocycles. The first-order valence-electron chi connectivity index (χ1n) is 13.5. The van der Waals surface area contributed by atoms with Crippen LogP contribution < -0.4 is 15.8 Å². The summed E-state index contributed by atoms with van der Waals surface area (Å²) in [6.07, 6.45) is 3.49. The maximum absolute atomic E-state index is 6.03. The van der Waals surface area contributed by atoms with E-state index in [4.69, 9.17) is 15.5 Å². The van der Waals surface area contributed by atoms with E-state index in [9.17, 15) is 0 Å². The first-order valence-corrected chi connectivity index (χ1v) is 13.5. The van der Waals surface area contributed by atoms with Gasteiger partial charge in [0.2, 0.25) is 0 Å². The quantitative estimate of drug-likeness (QED) is 0.277. The molecule has 3 aromatic carbocycles.